The van der Waals surface area contributed by atoms with Gasteiger partial charge in [-0.25, -0.2) is 4.39 Å². The number of fused-ring (bicyclic) bond motifs is 1. The third-order valence-corrected chi connectivity index (χ3v) is 3.77. The summed E-state index contributed by atoms with van der Waals surface area (Å²) in [5.74, 6) is -0.303. The topological polar surface area (TPSA) is 36.1 Å². The van der Waals surface area contributed by atoms with Crippen molar-refractivity contribution in [1.82, 2.24) is 4.98 Å². The Bertz CT molecular complexity index is 792. The summed E-state index contributed by atoms with van der Waals surface area (Å²) in [6, 6.07) is 13.9. The first-order chi connectivity index (χ1) is 10.7. The maximum atomic E-state index is 13.0. The Kier molecular flexibility index (Phi) is 3.92. The molecule has 3 aromatic rings. The number of hydrogen-bond acceptors (Lipinski definition) is 1. The van der Waals surface area contributed by atoms with E-state index < -0.39 is 0 Å². The van der Waals surface area contributed by atoms with Gasteiger partial charge < -0.3 is 9.88 Å². The van der Waals surface area contributed by atoms with E-state index in [0.29, 0.717) is 18.7 Å². The Labute approximate surface area is 128 Å². The van der Waals surface area contributed by atoms with Crippen LogP contribution in [0.25, 0.3) is 10.9 Å². The van der Waals surface area contributed by atoms with Crippen molar-refractivity contribution in [3.8, 4) is 0 Å². The van der Waals surface area contributed by atoms with Crippen LogP contribution in [0.3, 0.4) is 0 Å². The van der Waals surface area contributed by atoms with E-state index in [1.165, 1.54) is 12.1 Å². The number of para-hydroxylation sites is 1. The van der Waals surface area contributed by atoms with Crippen molar-refractivity contribution in [2.45, 2.75) is 13.3 Å². The van der Waals surface area contributed by atoms with Crippen LogP contribution in [0.1, 0.15) is 12.5 Å². The third kappa shape index (κ3) is 2.72. The number of amides is 1. The van der Waals surface area contributed by atoms with Crippen LogP contribution in [0.5, 0.6) is 0 Å². The summed E-state index contributed by atoms with van der Waals surface area (Å²) < 4.78 is 13.0. The van der Waals surface area contributed by atoms with Crippen molar-refractivity contribution in [1.29, 1.82) is 0 Å². The summed E-state index contributed by atoms with van der Waals surface area (Å²) in [6.07, 6.45) is 2.19. The molecule has 0 aliphatic carbocycles. The van der Waals surface area contributed by atoms with Crippen molar-refractivity contribution >= 4 is 22.5 Å². The van der Waals surface area contributed by atoms with Gasteiger partial charge in [-0.3, -0.25) is 4.79 Å². The zero-order valence-electron chi connectivity index (χ0n) is 12.3. The number of aromatic nitrogens is 1. The Balaban J connectivity index is 1.84. The minimum Gasteiger partial charge on any atom is -0.361 e. The third-order valence-electron chi connectivity index (χ3n) is 3.77. The van der Waals surface area contributed by atoms with E-state index >= 15 is 0 Å². The highest BCUT2D eigenvalue weighted by Gasteiger charge is 2.16. The molecule has 112 valence electrons. The van der Waals surface area contributed by atoms with Crippen LogP contribution in [-0.4, -0.2) is 17.4 Å². The van der Waals surface area contributed by atoms with Gasteiger partial charge >= 0.3 is 0 Å². The molecule has 0 saturated carbocycles. The molecule has 0 spiro atoms. The molecule has 0 saturated heterocycles. The molecule has 2 aromatic carbocycles. The quantitative estimate of drug-likeness (QED) is 0.778. The maximum absolute atomic E-state index is 13.0. The van der Waals surface area contributed by atoms with E-state index in [4.69, 9.17) is 0 Å². The molecule has 3 nitrogen and oxygen atoms in total. The van der Waals surface area contributed by atoms with Crippen molar-refractivity contribution < 1.29 is 9.18 Å². The van der Waals surface area contributed by atoms with Gasteiger partial charge in [0.1, 0.15) is 5.82 Å². The van der Waals surface area contributed by atoms with E-state index in [-0.39, 0.29) is 11.7 Å². The Hall–Kier alpha value is -2.62. The van der Waals surface area contributed by atoms with E-state index in [9.17, 15) is 9.18 Å². The molecule has 1 amide bonds. The number of benzene rings is 2. The number of hydrogen-bond donors (Lipinski definition) is 1. The van der Waals surface area contributed by atoms with Gasteiger partial charge in [0.05, 0.1) is 6.42 Å². The highest BCUT2D eigenvalue weighted by molar-refractivity contribution is 5.97. The fraction of sp³-hybridized carbons (Fsp3) is 0.167. The number of anilines is 1. The molecule has 1 heterocycles. The summed E-state index contributed by atoms with van der Waals surface area (Å²) >= 11 is 0. The summed E-state index contributed by atoms with van der Waals surface area (Å²) in [5.41, 5.74) is 2.71. The molecule has 1 aromatic heterocycles. The van der Waals surface area contributed by atoms with Gasteiger partial charge in [-0.15, -0.1) is 0 Å². The van der Waals surface area contributed by atoms with Crippen LogP contribution >= 0.6 is 0 Å². The number of likely N-dealkylation sites (N-methyl/N-ethyl adjacent to an activating group) is 1. The van der Waals surface area contributed by atoms with E-state index in [1.54, 1.807) is 17.0 Å². The molecule has 0 bridgehead atoms. The number of halogens is 1. The molecule has 22 heavy (non-hydrogen) atoms. The Morgan fingerprint density at radius 3 is 2.59 bits per heavy atom. The molecular formula is C18H17FN2O. The van der Waals surface area contributed by atoms with Crippen LogP contribution < -0.4 is 4.90 Å². The molecule has 0 aliphatic rings. The lowest BCUT2D eigenvalue weighted by Gasteiger charge is -2.21. The maximum Gasteiger partial charge on any atom is 0.231 e. The smallest absolute Gasteiger partial charge is 0.231 e. The fourth-order valence-electron chi connectivity index (χ4n) is 2.66. The average molecular weight is 296 g/mol. The van der Waals surface area contributed by atoms with Crippen molar-refractivity contribution in [3.63, 3.8) is 0 Å². The first-order valence-corrected chi connectivity index (χ1v) is 7.30. The predicted molar refractivity (Wildman–Crippen MR) is 86.4 cm³/mol. The van der Waals surface area contributed by atoms with Gasteiger partial charge in [-0.05, 0) is 42.8 Å². The van der Waals surface area contributed by atoms with Gasteiger partial charge in [0.25, 0.3) is 0 Å². The number of aromatic amines is 1. The molecule has 3 rings (SSSR count). The molecular weight excluding hydrogens is 279 g/mol. The predicted octanol–water partition coefficient (Wildman–Crippen LogP) is 3.90. The molecule has 1 N–H and O–H groups in total. The van der Waals surface area contributed by atoms with Crippen molar-refractivity contribution in [3.05, 3.63) is 66.1 Å². The second-order valence-electron chi connectivity index (χ2n) is 5.15. The number of rotatable bonds is 4. The van der Waals surface area contributed by atoms with Crippen molar-refractivity contribution in [2.75, 3.05) is 11.4 Å². The van der Waals surface area contributed by atoms with Gasteiger partial charge in [-0.1, -0.05) is 18.2 Å². The lowest BCUT2D eigenvalue weighted by molar-refractivity contribution is -0.117. The molecule has 0 atom stereocenters. The zero-order chi connectivity index (χ0) is 15.5. The van der Waals surface area contributed by atoms with Gasteiger partial charge in [0.2, 0.25) is 5.91 Å². The first-order valence-electron chi connectivity index (χ1n) is 7.30. The van der Waals surface area contributed by atoms with E-state index in [1.807, 2.05) is 37.4 Å². The molecule has 4 heteroatoms. The van der Waals surface area contributed by atoms with Crippen LogP contribution in [0.15, 0.2) is 54.7 Å². The van der Waals surface area contributed by atoms with Crippen LogP contribution in [-0.2, 0) is 11.2 Å². The molecule has 0 unspecified atom stereocenters. The minimum atomic E-state index is -0.302. The summed E-state index contributed by atoms with van der Waals surface area (Å²) in [4.78, 5) is 17.4. The normalized spacial score (nSPS) is 10.8. The Morgan fingerprint density at radius 1 is 1.14 bits per heavy atom. The number of carbonyl (C=O) groups is 1. The second kappa shape index (κ2) is 6.02. The highest BCUT2D eigenvalue weighted by Crippen LogP contribution is 2.21. The van der Waals surface area contributed by atoms with E-state index in [0.717, 1.165) is 16.5 Å². The van der Waals surface area contributed by atoms with Crippen LogP contribution in [0.4, 0.5) is 10.1 Å². The number of nitrogens with one attached hydrogen (secondary N) is 1. The van der Waals surface area contributed by atoms with Crippen molar-refractivity contribution in [2.24, 2.45) is 0 Å². The highest BCUT2D eigenvalue weighted by atomic mass is 19.1. The first kappa shape index (κ1) is 14.3. The molecule has 0 radical (unpaired) electrons. The van der Waals surface area contributed by atoms with Gasteiger partial charge in [0, 0.05) is 29.3 Å². The lowest BCUT2D eigenvalue weighted by Crippen LogP contribution is -2.31. The van der Waals surface area contributed by atoms with Gasteiger partial charge in [-0.2, -0.15) is 0 Å². The zero-order valence-corrected chi connectivity index (χ0v) is 12.3. The second-order valence-corrected chi connectivity index (χ2v) is 5.15. The number of carbonyl (C=O) groups excluding carboxylic acids is 1. The standard InChI is InChI=1S/C18H17FN2O/c1-2-21(15-9-7-14(19)8-10-15)18(22)11-13-12-20-17-6-4-3-5-16(13)17/h3-10,12,20H,2,11H2,1H3. The Morgan fingerprint density at radius 2 is 1.86 bits per heavy atom. The van der Waals surface area contributed by atoms with Gasteiger partial charge in [0.15, 0.2) is 0 Å². The molecule has 0 aliphatic heterocycles. The largest absolute Gasteiger partial charge is 0.361 e. The lowest BCUT2D eigenvalue weighted by atomic mass is 10.1. The monoisotopic (exact) mass is 296 g/mol. The SMILES string of the molecule is CCN(C(=O)Cc1c[nH]c2ccccc12)c1ccc(F)cc1. The van der Waals surface area contributed by atoms with E-state index in [2.05, 4.69) is 4.98 Å². The fourth-order valence-corrected chi connectivity index (χ4v) is 2.66. The number of H-pyrrole nitrogens is 1. The summed E-state index contributed by atoms with van der Waals surface area (Å²) in [5, 5.41) is 1.06. The van der Waals surface area contributed by atoms with Crippen LogP contribution in [0, 0.1) is 5.82 Å². The molecule has 0 fully saturated rings. The summed E-state index contributed by atoms with van der Waals surface area (Å²) in [7, 11) is 0. The van der Waals surface area contributed by atoms with Crippen LogP contribution in [0.2, 0.25) is 0 Å². The minimum absolute atomic E-state index is 0.00105. The average Bonchev–Trinajstić information content (AvgIpc) is 2.93. The summed E-state index contributed by atoms with van der Waals surface area (Å²) in [6.45, 7) is 2.46. The number of nitrogens with zero attached hydrogens (tertiary/aromatic N) is 1.